The molecule has 0 aliphatic heterocycles. The van der Waals surface area contributed by atoms with Crippen molar-refractivity contribution in [3.8, 4) is 5.75 Å². The maximum Gasteiger partial charge on any atom is 0.165 e. The fourth-order valence-electron chi connectivity index (χ4n) is 0.822. The van der Waals surface area contributed by atoms with Gasteiger partial charge in [-0.1, -0.05) is 19.1 Å². The van der Waals surface area contributed by atoms with E-state index in [1.165, 1.54) is 12.1 Å². The van der Waals surface area contributed by atoms with Crippen LogP contribution < -0.4 is 4.74 Å². The van der Waals surface area contributed by atoms with Gasteiger partial charge in [0, 0.05) is 5.92 Å². The number of hydrogen-bond acceptors (Lipinski definition) is 2. The lowest BCUT2D eigenvalue weighted by Gasteiger charge is -2.07. The number of benzene rings is 1. The lowest BCUT2D eigenvalue weighted by Crippen LogP contribution is -2.09. The Morgan fingerprint density at radius 1 is 1.54 bits per heavy atom. The summed E-state index contributed by atoms with van der Waals surface area (Å²) in [5, 5.41) is 0. The third-order valence-corrected chi connectivity index (χ3v) is 1.57. The molecule has 0 radical (unpaired) electrons. The number of halogens is 1. The lowest BCUT2D eigenvalue weighted by atomic mass is 10.2. The molecule has 0 bridgehead atoms. The topological polar surface area (TPSA) is 26.3 Å². The second-order valence-corrected chi connectivity index (χ2v) is 2.85. The number of hydrogen-bond donors (Lipinski definition) is 0. The molecule has 0 amide bonds. The van der Waals surface area contributed by atoms with Crippen molar-refractivity contribution in [3.63, 3.8) is 0 Å². The van der Waals surface area contributed by atoms with Gasteiger partial charge in [0.25, 0.3) is 0 Å². The van der Waals surface area contributed by atoms with Crippen molar-refractivity contribution >= 4 is 6.29 Å². The molecule has 0 saturated heterocycles. The SMILES string of the molecule is CC(C=O)COc1ccccc1F. The molecule has 0 heterocycles. The molecule has 70 valence electrons. The van der Waals surface area contributed by atoms with Gasteiger partial charge in [-0.15, -0.1) is 0 Å². The van der Waals surface area contributed by atoms with Crippen molar-refractivity contribution in [2.75, 3.05) is 6.61 Å². The Bertz CT molecular complexity index is 286. The summed E-state index contributed by atoms with van der Waals surface area (Å²) < 4.78 is 18.0. The van der Waals surface area contributed by atoms with Gasteiger partial charge in [0.05, 0.1) is 6.61 Å². The molecule has 0 N–H and O–H groups in total. The van der Waals surface area contributed by atoms with Crippen molar-refractivity contribution in [3.05, 3.63) is 30.1 Å². The minimum atomic E-state index is -0.402. The molecule has 0 aliphatic rings. The van der Waals surface area contributed by atoms with E-state index in [1.54, 1.807) is 19.1 Å². The van der Waals surface area contributed by atoms with E-state index in [4.69, 9.17) is 4.74 Å². The molecular formula is C10H11FO2. The van der Waals surface area contributed by atoms with Crippen LogP contribution in [0.4, 0.5) is 4.39 Å². The van der Waals surface area contributed by atoms with Gasteiger partial charge in [-0.05, 0) is 12.1 Å². The summed E-state index contributed by atoms with van der Waals surface area (Å²) in [6, 6.07) is 6.13. The van der Waals surface area contributed by atoms with Crippen molar-refractivity contribution < 1.29 is 13.9 Å². The van der Waals surface area contributed by atoms with Crippen molar-refractivity contribution in [2.45, 2.75) is 6.92 Å². The van der Waals surface area contributed by atoms with E-state index < -0.39 is 5.82 Å². The fraction of sp³-hybridized carbons (Fsp3) is 0.300. The third kappa shape index (κ3) is 2.86. The van der Waals surface area contributed by atoms with E-state index in [0.29, 0.717) is 0 Å². The highest BCUT2D eigenvalue weighted by Crippen LogP contribution is 2.15. The van der Waals surface area contributed by atoms with E-state index in [9.17, 15) is 9.18 Å². The fourth-order valence-corrected chi connectivity index (χ4v) is 0.822. The molecule has 0 aromatic heterocycles. The smallest absolute Gasteiger partial charge is 0.165 e. The van der Waals surface area contributed by atoms with Crippen LogP contribution in [0.5, 0.6) is 5.75 Å². The molecule has 3 heteroatoms. The van der Waals surface area contributed by atoms with Crippen LogP contribution in [0.3, 0.4) is 0 Å². The van der Waals surface area contributed by atoms with Crippen LogP contribution in [0.15, 0.2) is 24.3 Å². The van der Waals surface area contributed by atoms with Gasteiger partial charge >= 0.3 is 0 Å². The summed E-state index contributed by atoms with van der Waals surface area (Å²) in [5.41, 5.74) is 0. The zero-order valence-electron chi connectivity index (χ0n) is 7.37. The van der Waals surface area contributed by atoms with Crippen LogP contribution in [0, 0.1) is 11.7 Å². The van der Waals surface area contributed by atoms with Crippen LogP contribution in [-0.4, -0.2) is 12.9 Å². The van der Waals surface area contributed by atoms with Crippen LogP contribution in [0.1, 0.15) is 6.92 Å². The van der Waals surface area contributed by atoms with E-state index >= 15 is 0 Å². The first kappa shape index (κ1) is 9.71. The highest BCUT2D eigenvalue weighted by atomic mass is 19.1. The number of rotatable bonds is 4. The first-order chi connectivity index (χ1) is 6.24. The standard InChI is InChI=1S/C10H11FO2/c1-8(6-12)7-13-10-5-3-2-4-9(10)11/h2-6,8H,7H2,1H3. The molecule has 0 saturated carbocycles. The van der Waals surface area contributed by atoms with Gasteiger partial charge in [-0.2, -0.15) is 0 Å². The normalized spacial score (nSPS) is 12.2. The highest BCUT2D eigenvalue weighted by molar-refractivity contribution is 5.52. The monoisotopic (exact) mass is 182 g/mol. The van der Waals surface area contributed by atoms with Crippen LogP contribution >= 0.6 is 0 Å². The molecule has 0 aliphatic carbocycles. The molecule has 0 fully saturated rings. The molecule has 1 rings (SSSR count). The maximum absolute atomic E-state index is 12.9. The largest absolute Gasteiger partial charge is 0.490 e. The maximum atomic E-state index is 12.9. The number of carbonyl (C=O) groups excluding carboxylic acids is 1. The molecule has 1 aromatic rings. The minimum absolute atomic E-state index is 0.191. The molecule has 2 nitrogen and oxygen atoms in total. The summed E-state index contributed by atoms with van der Waals surface area (Å²) in [6.45, 7) is 1.93. The number of aldehydes is 1. The van der Waals surface area contributed by atoms with Crippen LogP contribution in [0.25, 0.3) is 0 Å². The van der Waals surface area contributed by atoms with Gasteiger partial charge in [-0.25, -0.2) is 4.39 Å². The van der Waals surface area contributed by atoms with Gasteiger partial charge < -0.3 is 9.53 Å². The predicted molar refractivity (Wildman–Crippen MR) is 47.1 cm³/mol. The zero-order valence-corrected chi connectivity index (χ0v) is 7.37. The summed E-state index contributed by atoms with van der Waals surface area (Å²) in [5.74, 6) is -0.420. The zero-order chi connectivity index (χ0) is 9.68. The Kier molecular flexibility index (Phi) is 3.43. The van der Waals surface area contributed by atoms with E-state index in [0.717, 1.165) is 6.29 Å². The van der Waals surface area contributed by atoms with E-state index in [2.05, 4.69) is 0 Å². The molecule has 1 unspecified atom stereocenters. The Hall–Kier alpha value is -1.38. The van der Waals surface area contributed by atoms with Gasteiger partial charge in [0.1, 0.15) is 6.29 Å². The molecule has 1 aromatic carbocycles. The van der Waals surface area contributed by atoms with E-state index in [1.807, 2.05) is 0 Å². The first-order valence-electron chi connectivity index (χ1n) is 4.06. The summed E-state index contributed by atoms with van der Waals surface area (Å²) >= 11 is 0. The number of ether oxygens (including phenoxy) is 1. The summed E-state index contributed by atoms with van der Waals surface area (Å²) in [7, 11) is 0. The van der Waals surface area contributed by atoms with Gasteiger partial charge in [0.2, 0.25) is 0 Å². The molecular weight excluding hydrogens is 171 g/mol. The highest BCUT2D eigenvalue weighted by Gasteiger charge is 2.04. The number of carbonyl (C=O) groups is 1. The average Bonchev–Trinajstić information content (AvgIpc) is 2.16. The Labute approximate surface area is 76.3 Å². The Morgan fingerprint density at radius 2 is 2.23 bits per heavy atom. The Balaban J connectivity index is 2.54. The number of para-hydroxylation sites is 1. The summed E-state index contributed by atoms with van der Waals surface area (Å²) in [6.07, 6.45) is 0.779. The predicted octanol–water partition coefficient (Wildman–Crippen LogP) is 2.04. The summed E-state index contributed by atoms with van der Waals surface area (Å²) in [4.78, 5) is 10.2. The Morgan fingerprint density at radius 3 is 2.85 bits per heavy atom. The minimum Gasteiger partial charge on any atom is -0.490 e. The van der Waals surface area contributed by atoms with Crippen molar-refractivity contribution in [1.29, 1.82) is 0 Å². The average molecular weight is 182 g/mol. The van der Waals surface area contributed by atoms with Crippen molar-refractivity contribution in [1.82, 2.24) is 0 Å². The first-order valence-corrected chi connectivity index (χ1v) is 4.06. The van der Waals surface area contributed by atoms with Gasteiger partial charge in [0.15, 0.2) is 11.6 Å². The molecule has 1 atom stereocenters. The van der Waals surface area contributed by atoms with E-state index in [-0.39, 0.29) is 18.3 Å². The van der Waals surface area contributed by atoms with Crippen LogP contribution in [-0.2, 0) is 4.79 Å². The molecule has 0 spiro atoms. The third-order valence-electron chi connectivity index (χ3n) is 1.57. The van der Waals surface area contributed by atoms with Crippen LogP contribution in [0.2, 0.25) is 0 Å². The molecule has 13 heavy (non-hydrogen) atoms. The van der Waals surface area contributed by atoms with Gasteiger partial charge in [-0.3, -0.25) is 0 Å². The van der Waals surface area contributed by atoms with Crippen molar-refractivity contribution in [2.24, 2.45) is 5.92 Å². The second-order valence-electron chi connectivity index (χ2n) is 2.85. The quantitative estimate of drug-likeness (QED) is 0.666. The second kappa shape index (κ2) is 4.60. The lowest BCUT2D eigenvalue weighted by molar-refractivity contribution is -0.111.